The quantitative estimate of drug-likeness (QED) is 0.205. The van der Waals surface area contributed by atoms with Gasteiger partial charge in [0.15, 0.2) is 0 Å². The van der Waals surface area contributed by atoms with E-state index in [-0.39, 0.29) is 12.3 Å². The molecular formula is C43H31N3O. The summed E-state index contributed by atoms with van der Waals surface area (Å²) < 4.78 is 6.46. The SMILES string of the molecule is c1ccc(C2=NC(c3cccc4oc5cc(-c6ccccc6)ccc5c34)NC(c3ccc(-c4ccc5ccccc5c4)cc3)N2)cc1. The van der Waals surface area contributed by atoms with Crippen molar-refractivity contribution in [2.45, 2.75) is 12.3 Å². The lowest BCUT2D eigenvalue weighted by molar-refractivity contribution is 0.410. The highest BCUT2D eigenvalue weighted by Crippen LogP contribution is 2.38. The number of furan rings is 1. The summed E-state index contributed by atoms with van der Waals surface area (Å²) in [5.41, 5.74) is 9.70. The van der Waals surface area contributed by atoms with Gasteiger partial charge in [-0.3, -0.25) is 5.32 Å². The molecule has 1 aliphatic rings. The summed E-state index contributed by atoms with van der Waals surface area (Å²) in [4.78, 5) is 5.25. The molecule has 4 heteroatoms. The van der Waals surface area contributed by atoms with Crippen molar-refractivity contribution in [1.29, 1.82) is 0 Å². The maximum absolute atomic E-state index is 6.46. The Morgan fingerprint density at radius 1 is 0.489 bits per heavy atom. The van der Waals surface area contributed by atoms with Crippen molar-refractivity contribution in [3.8, 4) is 22.3 Å². The monoisotopic (exact) mass is 605 g/mol. The molecule has 0 saturated heterocycles. The first-order valence-electron chi connectivity index (χ1n) is 16.0. The Hall–Kier alpha value is -5.97. The smallest absolute Gasteiger partial charge is 0.136 e. The van der Waals surface area contributed by atoms with E-state index in [9.17, 15) is 0 Å². The maximum Gasteiger partial charge on any atom is 0.136 e. The molecule has 7 aromatic carbocycles. The maximum atomic E-state index is 6.46. The third-order valence-corrected chi connectivity index (χ3v) is 9.17. The van der Waals surface area contributed by atoms with Crippen molar-refractivity contribution in [2.75, 3.05) is 0 Å². The van der Waals surface area contributed by atoms with Crippen LogP contribution in [0.2, 0.25) is 0 Å². The van der Waals surface area contributed by atoms with Crippen LogP contribution in [0.25, 0.3) is 55.0 Å². The highest BCUT2D eigenvalue weighted by Gasteiger charge is 2.27. The van der Waals surface area contributed by atoms with Gasteiger partial charge in [-0.2, -0.15) is 0 Å². The summed E-state index contributed by atoms with van der Waals surface area (Å²) in [6.45, 7) is 0. The number of nitrogens with one attached hydrogen (secondary N) is 2. The van der Waals surface area contributed by atoms with Gasteiger partial charge in [0.2, 0.25) is 0 Å². The van der Waals surface area contributed by atoms with Crippen LogP contribution in [0.3, 0.4) is 0 Å². The summed E-state index contributed by atoms with van der Waals surface area (Å²) in [7, 11) is 0. The predicted molar refractivity (Wildman–Crippen MR) is 193 cm³/mol. The van der Waals surface area contributed by atoms with Crippen LogP contribution >= 0.6 is 0 Å². The topological polar surface area (TPSA) is 49.6 Å². The summed E-state index contributed by atoms with van der Waals surface area (Å²) in [6.07, 6.45) is -0.452. The van der Waals surface area contributed by atoms with Crippen molar-refractivity contribution in [3.05, 3.63) is 180 Å². The van der Waals surface area contributed by atoms with Crippen LogP contribution < -0.4 is 10.6 Å². The van der Waals surface area contributed by atoms with Crippen molar-refractivity contribution >= 4 is 38.5 Å². The Balaban J connectivity index is 1.10. The average molecular weight is 606 g/mol. The number of fused-ring (bicyclic) bond motifs is 4. The molecule has 47 heavy (non-hydrogen) atoms. The Morgan fingerprint density at radius 3 is 1.96 bits per heavy atom. The minimum atomic E-state index is -0.296. The molecule has 2 atom stereocenters. The molecular weight excluding hydrogens is 574 g/mol. The summed E-state index contributed by atoms with van der Waals surface area (Å²) in [5.74, 6) is 0.856. The van der Waals surface area contributed by atoms with Gasteiger partial charge in [-0.15, -0.1) is 0 Å². The van der Waals surface area contributed by atoms with Gasteiger partial charge in [0.05, 0.1) is 0 Å². The highest BCUT2D eigenvalue weighted by molar-refractivity contribution is 6.08. The number of hydrogen-bond acceptors (Lipinski definition) is 4. The molecule has 0 bridgehead atoms. The van der Waals surface area contributed by atoms with E-state index in [0.717, 1.165) is 50.0 Å². The fraction of sp³-hybridized carbons (Fsp3) is 0.0465. The van der Waals surface area contributed by atoms with Gasteiger partial charge in [0, 0.05) is 21.9 Å². The minimum absolute atomic E-state index is 0.156. The van der Waals surface area contributed by atoms with Crippen molar-refractivity contribution in [2.24, 2.45) is 4.99 Å². The molecule has 224 valence electrons. The molecule has 9 rings (SSSR count). The third-order valence-electron chi connectivity index (χ3n) is 9.17. The van der Waals surface area contributed by atoms with E-state index < -0.39 is 0 Å². The Labute approximate surface area is 273 Å². The minimum Gasteiger partial charge on any atom is -0.456 e. The summed E-state index contributed by atoms with van der Waals surface area (Å²) in [5, 5.41) is 12.2. The predicted octanol–water partition coefficient (Wildman–Crippen LogP) is 10.4. The molecule has 0 spiro atoms. The van der Waals surface area contributed by atoms with Gasteiger partial charge in [0.1, 0.15) is 29.3 Å². The van der Waals surface area contributed by atoms with E-state index in [1.165, 1.54) is 27.5 Å². The van der Waals surface area contributed by atoms with Gasteiger partial charge in [-0.25, -0.2) is 4.99 Å². The van der Waals surface area contributed by atoms with Crippen LogP contribution in [0.15, 0.2) is 173 Å². The highest BCUT2D eigenvalue weighted by atomic mass is 16.3. The van der Waals surface area contributed by atoms with E-state index >= 15 is 0 Å². The first-order chi connectivity index (χ1) is 23.3. The van der Waals surface area contributed by atoms with Gasteiger partial charge in [-0.1, -0.05) is 140 Å². The second-order valence-electron chi connectivity index (χ2n) is 12.1. The molecule has 2 N–H and O–H groups in total. The standard InChI is InChI=1S/C43H31N3O/c1-3-10-28(11-4-1)35-24-25-36-39(27-35)47-38-17-9-16-37(40(36)38)43-45-41(31-13-5-2-6-14-31)44-42(46-43)32-21-18-30(19-22-32)34-23-20-29-12-7-8-15-33(29)26-34/h1-27,42-43,46H,(H,44,45). The second kappa shape index (κ2) is 11.4. The van der Waals surface area contributed by atoms with E-state index in [4.69, 9.17) is 9.41 Å². The molecule has 0 aliphatic carbocycles. The summed E-state index contributed by atoms with van der Waals surface area (Å²) >= 11 is 0. The Kier molecular flexibility index (Phi) is 6.65. The van der Waals surface area contributed by atoms with Gasteiger partial charge >= 0.3 is 0 Å². The number of hydrogen-bond donors (Lipinski definition) is 2. The lowest BCUT2D eigenvalue weighted by atomic mass is 9.98. The lowest BCUT2D eigenvalue weighted by Crippen LogP contribution is -2.45. The second-order valence-corrected chi connectivity index (χ2v) is 12.1. The zero-order valence-corrected chi connectivity index (χ0v) is 25.6. The number of rotatable bonds is 5. The average Bonchev–Trinajstić information content (AvgIpc) is 3.53. The van der Waals surface area contributed by atoms with Crippen LogP contribution in [0.4, 0.5) is 0 Å². The first-order valence-corrected chi connectivity index (χ1v) is 16.0. The van der Waals surface area contributed by atoms with Crippen LogP contribution in [-0.2, 0) is 0 Å². The molecule has 0 amide bonds. The normalized spacial score (nSPS) is 16.3. The molecule has 2 heterocycles. The third kappa shape index (κ3) is 5.05. The summed E-state index contributed by atoms with van der Waals surface area (Å²) in [6, 6.07) is 57.5. The number of aliphatic imine (C=N–C) groups is 1. The molecule has 2 unspecified atom stereocenters. The van der Waals surface area contributed by atoms with E-state index in [1.54, 1.807) is 0 Å². The van der Waals surface area contributed by atoms with Crippen LogP contribution in [0.5, 0.6) is 0 Å². The van der Waals surface area contributed by atoms with Crippen LogP contribution in [0, 0.1) is 0 Å². The molecule has 1 aromatic heterocycles. The molecule has 4 nitrogen and oxygen atoms in total. The van der Waals surface area contributed by atoms with Crippen molar-refractivity contribution in [1.82, 2.24) is 10.6 Å². The fourth-order valence-electron chi connectivity index (χ4n) is 6.76. The number of amidine groups is 1. The molecule has 0 saturated carbocycles. The van der Waals surface area contributed by atoms with E-state index in [2.05, 4.69) is 156 Å². The fourth-order valence-corrected chi connectivity index (χ4v) is 6.76. The van der Waals surface area contributed by atoms with E-state index in [1.807, 2.05) is 18.2 Å². The zero-order valence-electron chi connectivity index (χ0n) is 25.6. The number of nitrogens with zero attached hydrogens (tertiary/aromatic N) is 1. The zero-order chi connectivity index (χ0) is 31.2. The van der Waals surface area contributed by atoms with Crippen molar-refractivity contribution < 1.29 is 4.42 Å². The van der Waals surface area contributed by atoms with Crippen molar-refractivity contribution in [3.63, 3.8) is 0 Å². The number of benzene rings is 7. The molecule has 8 aromatic rings. The van der Waals surface area contributed by atoms with E-state index in [0.29, 0.717) is 0 Å². The molecule has 1 aliphatic heterocycles. The van der Waals surface area contributed by atoms with Gasteiger partial charge < -0.3 is 9.73 Å². The molecule has 0 radical (unpaired) electrons. The lowest BCUT2D eigenvalue weighted by Gasteiger charge is -2.32. The first kappa shape index (κ1) is 27.3. The van der Waals surface area contributed by atoms with Crippen LogP contribution in [-0.4, -0.2) is 5.84 Å². The Morgan fingerprint density at radius 2 is 1.15 bits per heavy atom. The molecule has 0 fully saturated rings. The van der Waals surface area contributed by atoms with Gasteiger partial charge in [-0.05, 0) is 62.9 Å². The van der Waals surface area contributed by atoms with Crippen LogP contribution in [0.1, 0.15) is 29.0 Å². The Bertz CT molecular complexity index is 2410. The largest absolute Gasteiger partial charge is 0.456 e. The van der Waals surface area contributed by atoms with Gasteiger partial charge in [0.25, 0.3) is 0 Å².